The molecule has 0 radical (unpaired) electrons. The van der Waals surface area contributed by atoms with Gasteiger partial charge in [-0.2, -0.15) is 0 Å². The van der Waals surface area contributed by atoms with Gasteiger partial charge < -0.3 is 0 Å². The lowest BCUT2D eigenvalue weighted by Gasteiger charge is -1.91. The first-order valence-electron chi connectivity index (χ1n) is 4.97. The topological polar surface area (TPSA) is 0 Å². The Morgan fingerprint density at radius 3 is 1.58 bits per heavy atom. The Labute approximate surface area is 83.8 Å². The van der Waals surface area contributed by atoms with E-state index in [1.807, 2.05) is 32.5 Å². The molecule has 0 N–H and O–H groups in total. The van der Waals surface area contributed by atoms with Crippen LogP contribution in [0.15, 0.2) is 11.5 Å². The third-order valence-corrected chi connectivity index (χ3v) is 1.66. The van der Waals surface area contributed by atoms with Gasteiger partial charge in [0.05, 0.1) is 0 Å². The molecular formula is C11H26S. The Bertz CT molecular complexity index is 67.4. The molecule has 0 aromatic carbocycles. The molecule has 0 heterocycles. The Morgan fingerprint density at radius 1 is 1.17 bits per heavy atom. The van der Waals surface area contributed by atoms with Crippen molar-refractivity contribution in [2.75, 3.05) is 5.75 Å². The first-order chi connectivity index (χ1) is 5.68. The maximum atomic E-state index is 3.76. The van der Waals surface area contributed by atoms with Crippen LogP contribution >= 0.6 is 11.8 Å². The van der Waals surface area contributed by atoms with Gasteiger partial charge in [-0.25, -0.2) is 0 Å². The van der Waals surface area contributed by atoms with Crippen molar-refractivity contribution in [2.45, 2.75) is 54.4 Å². The monoisotopic (exact) mass is 190 g/mol. The van der Waals surface area contributed by atoms with Crippen LogP contribution in [0.1, 0.15) is 54.4 Å². The molecule has 0 saturated carbocycles. The summed E-state index contributed by atoms with van der Waals surface area (Å²) in [6.45, 7) is 16.2. The number of thioether (sulfide) groups is 1. The predicted octanol–water partition coefficient (Wildman–Crippen LogP) is 5.11. The largest absolute Gasteiger partial charge is 0.132 e. The fourth-order valence-corrected chi connectivity index (χ4v) is 0.829. The molecule has 0 aliphatic carbocycles. The molecule has 1 heteroatoms. The smallest absolute Gasteiger partial charge is 0.00262 e. The summed E-state index contributed by atoms with van der Waals surface area (Å²) in [6.07, 6.45) is 2.50. The number of allylic oxidation sites excluding steroid dienone is 1. The van der Waals surface area contributed by atoms with E-state index in [0.717, 1.165) is 0 Å². The molecule has 0 nitrogen and oxygen atoms in total. The molecule has 0 spiro atoms. The van der Waals surface area contributed by atoms with Crippen molar-refractivity contribution in [1.29, 1.82) is 0 Å². The molecule has 0 bridgehead atoms. The maximum Gasteiger partial charge on any atom is -0.00262 e. The highest BCUT2D eigenvalue weighted by Gasteiger charge is 1.81. The van der Waals surface area contributed by atoms with Crippen LogP contribution in [0.5, 0.6) is 0 Å². The lowest BCUT2D eigenvalue weighted by molar-refractivity contribution is 1.09. The van der Waals surface area contributed by atoms with Crippen LogP contribution in [0.25, 0.3) is 0 Å². The van der Waals surface area contributed by atoms with Crippen molar-refractivity contribution in [3.05, 3.63) is 11.5 Å². The van der Waals surface area contributed by atoms with Crippen molar-refractivity contribution in [3.8, 4) is 0 Å². The van der Waals surface area contributed by atoms with Gasteiger partial charge in [0.1, 0.15) is 0 Å². The minimum absolute atomic E-state index is 1.22. The van der Waals surface area contributed by atoms with Gasteiger partial charge >= 0.3 is 0 Å². The SMILES string of the molecule is C=C(C)SCCC.CC.CCC. The molecule has 0 aromatic heterocycles. The van der Waals surface area contributed by atoms with Crippen LogP contribution in [0.2, 0.25) is 0 Å². The average molecular weight is 190 g/mol. The summed E-state index contributed by atoms with van der Waals surface area (Å²) < 4.78 is 0. The summed E-state index contributed by atoms with van der Waals surface area (Å²) in [5.74, 6) is 1.22. The maximum absolute atomic E-state index is 3.76. The van der Waals surface area contributed by atoms with E-state index < -0.39 is 0 Å². The third-order valence-electron chi connectivity index (χ3n) is 0.553. The van der Waals surface area contributed by atoms with Gasteiger partial charge in [0.25, 0.3) is 0 Å². The minimum Gasteiger partial charge on any atom is -0.132 e. The fourth-order valence-electron chi connectivity index (χ4n) is 0.276. The van der Waals surface area contributed by atoms with Gasteiger partial charge in [0.15, 0.2) is 0 Å². The van der Waals surface area contributed by atoms with Gasteiger partial charge in [-0.1, -0.05) is 47.6 Å². The first kappa shape index (κ1) is 18.0. The van der Waals surface area contributed by atoms with Crippen LogP contribution in [0, 0.1) is 0 Å². The summed E-state index contributed by atoms with van der Waals surface area (Å²) in [4.78, 5) is 1.22. The summed E-state index contributed by atoms with van der Waals surface area (Å²) in [5, 5.41) is 0. The molecule has 0 aliphatic heterocycles. The molecule has 0 unspecified atom stereocenters. The zero-order valence-electron chi connectivity index (χ0n) is 9.74. The third kappa shape index (κ3) is 49.8. The van der Waals surface area contributed by atoms with Crippen molar-refractivity contribution in [2.24, 2.45) is 0 Å². The van der Waals surface area contributed by atoms with E-state index in [9.17, 15) is 0 Å². The van der Waals surface area contributed by atoms with Crippen LogP contribution in [-0.4, -0.2) is 5.75 Å². The summed E-state index contributed by atoms with van der Waals surface area (Å²) >= 11 is 1.84. The molecule has 76 valence electrons. The van der Waals surface area contributed by atoms with Crippen molar-refractivity contribution in [3.63, 3.8) is 0 Å². The normalized spacial score (nSPS) is 7.17. The number of hydrogen-bond donors (Lipinski definition) is 0. The summed E-state index contributed by atoms with van der Waals surface area (Å²) in [5.41, 5.74) is 0. The Morgan fingerprint density at radius 2 is 1.50 bits per heavy atom. The quantitative estimate of drug-likeness (QED) is 0.596. The van der Waals surface area contributed by atoms with Crippen LogP contribution in [0.3, 0.4) is 0 Å². The molecular weight excluding hydrogens is 164 g/mol. The van der Waals surface area contributed by atoms with E-state index in [0.29, 0.717) is 0 Å². The van der Waals surface area contributed by atoms with Gasteiger partial charge in [0, 0.05) is 0 Å². The lowest BCUT2D eigenvalue weighted by Crippen LogP contribution is -1.70. The standard InChI is InChI=1S/C6H12S.C3H8.C2H6/c1-4-5-7-6(2)3;1-3-2;1-2/h2,4-5H2,1,3H3;3H2,1-2H3;1-2H3. The molecule has 0 aromatic rings. The van der Waals surface area contributed by atoms with E-state index in [1.165, 1.54) is 23.5 Å². The zero-order valence-corrected chi connectivity index (χ0v) is 10.6. The van der Waals surface area contributed by atoms with Crippen molar-refractivity contribution in [1.82, 2.24) is 0 Å². The molecule has 0 aliphatic rings. The zero-order chi connectivity index (χ0) is 10.4. The van der Waals surface area contributed by atoms with Crippen LogP contribution in [0.4, 0.5) is 0 Å². The van der Waals surface area contributed by atoms with E-state index in [2.05, 4.69) is 27.4 Å². The Balaban J connectivity index is -0.000000137. The van der Waals surface area contributed by atoms with Crippen LogP contribution in [-0.2, 0) is 0 Å². The molecule has 0 fully saturated rings. The molecule has 0 rings (SSSR count). The number of hydrogen-bond acceptors (Lipinski definition) is 1. The predicted molar refractivity (Wildman–Crippen MR) is 64.9 cm³/mol. The Hall–Kier alpha value is 0.0900. The highest BCUT2D eigenvalue weighted by Crippen LogP contribution is 2.11. The van der Waals surface area contributed by atoms with Gasteiger partial charge in [-0.05, 0) is 24.0 Å². The number of rotatable bonds is 3. The molecule has 0 amide bonds. The van der Waals surface area contributed by atoms with E-state index in [1.54, 1.807) is 0 Å². The van der Waals surface area contributed by atoms with E-state index in [-0.39, 0.29) is 0 Å². The first-order valence-corrected chi connectivity index (χ1v) is 5.95. The van der Waals surface area contributed by atoms with Crippen molar-refractivity contribution < 1.29 is 0 Å². The lowest BCUT2D eigenvalue weighted by atomic mass is 10.6. The Kier molecular flexibility index (Phi) is 33.7. The minimum atomic E-state index is 1.22. The summed E-state index contributed by atoms with van der Waals surface area (Å²) in [6, 6.07) is 0. The average Bonchev–Trinajstić information content (AvgIpc) is 2.06. The second-order valence-electron chi connectivity index (χ2n) is 2.26. The highest BCUT2D eigenvalue weighted by atomic mass is 32.2. The second-order valence-corrected chi connectivity index (χ2v) is 3.65. The second kappa shape index (κ2) is 22.5. The van der Waals surface area contributed by atoms with Crippen molar-refractivity contribution >= 4 is 11.8 Å². The molecule has 0 atom stereocenters. The highest BCUT2D eigenvalue weighted by molar-refractivity contribution is 8.03. The fraction of sp³-hybridized carbons (Fsp3) is 0.818. The van der Waals surface area contributed by atoms with Gasteiger partial charge in [0.2, 0.25) is 0 Å². The molecule has 12 heavy (non-hydrogen) atoms. The van der Waals surface area contributed by atoms with Gasteiger partial charge in [-0.3, -0.25) is 0 Å². The van der Waals surface area contributed by atoms with E-state index >= 15 is 0 Å². The van der Waals surface area contributed by atoms with Crippen LogP contribution < -0.4 is 0 Å². The molecule has 0 saturated heterocycles. The van der Waals surface area contributed by atoms with E-state index in [4.69, 9.17) is 0 Å². The summed E-state index contributed by atoms with van der Waals surface area (Å²) in [7, 11) is 0. The van der Waals surface area contributed by atoms with Gasteiger partial charge in [-0.15, -0.1) is 11.8 Å².